The molecule has 6 nitrogen and oxygen atoms in total. The van der Waals surface area contributed by atoms with Gasteiger partial charge in [-0.15, -0.1) is 0 Å². The molecule has 2 N–H and O–H groups in total. The van der Waals surface area contributed by atoms with Crippen molar-refractivity contribution in [3.05, 3.63) is 0 Å². The quantitative estimate of drug-likeness (QED) is 0.723. The Morgan fingerprint density at radius 2 is 2.00 bits per heavy atom. The molecule has 2 aliphatic heterocycles. The molecule has 2 rings (SSSR count). The maximum absolute atomic E-state index is 12.1. The average Bonchev–Trinajstić information content (AvgIpc) is 2.45. The molecule has 2 aliphatic rings. The van der Waals surface area contributed by atoms with Gasteiger partial charge in [-0.1, -0.05) is 0 Å². The predicted molar refractivity (Wildman–Crippen MR) is 77.3 cm³/mol. The number of hydrogen-bond donors (Lipinski definition) is 2. The summed E-state index contributed by atoms with van der Waals surface area (Å²) in [7, 11) is 0. The molecule has 20 heavy (non-hydrogen) atoms. The second-order valence-electron chi connectivity index (χ2n) is 5.72. The third-order valence-corrected chi connectivity index (χ3v) is 4.02. The van der Waals surface area contributed by atoms with Crippen LogP contribution >= 0.6 is 0 Å². The second-order valence-corrected chi connectivity index (χ2v) is 5.72. The van der Waals surface area contributed by atoms with Crippen LogP contribution in [0.3, 0.4) is 0 Å². The Balaban J connectivity index is 1.70. The van der Waals surface area contributed by atoms with Crippen LogP contribution in [0.1, 0.15) is 26.2 Å². The first-order valence-corrected chi connectivity index (χ1v) is 7.63. The molecule has 1 atom stereocenters. The minimum Gasteiger partial charge on any atom is -0.352 e. The number of nitrogens with zero attached hydrogens (tertiary/aromatic N) is 2. The van der Waals surface area contributed by atoms with Crippen molar-refractivity contribution < 1.29 is 9.59 Å². The standard InChI is InChI=1S/C14H26N4O2/c1-12(19)16-13-3-2-7-17(11-13)8-4-14(20)18-9-5-15-6-10-18/h13,15H,2-11H2,1H3,(H,16,19). The van der Waals surface area contributed by atoms with Gasteiger partial charge in [0, 0.05) is 58.7 Å². The third-order valence-electron chi connectivity index (χ3n) is 4.02. The van der Waals surface area contributed by atoms with Gasteiger partial charge in [0.05, 0.1) is 0 Å². The Labute approximate surface area is 120 Å². The molecule has 0 aromatic carbocycles. The van der Waals surface area contributed by atoms with Crippen molar-refractivity contribution in [2.75, 3.05) is 45.8 Å². The number of hydrogen-bond acceptors (Lipinski definition) is 4. The highest BCUT2D eigenvalue weighted by atomic mass is 16.2. The number of carbonyl (C=O) groups excluding carboxylic acids is 2. The van der Waals surface area contributed by atoms with E-state index in [2.05, 4.69) is 15.5 Å². The van der Waals surface area contributed by atoms with Crippen molar-refractivity contribution in [3.63, 3.8) is 0 Å². The molecule has 0 saturated carbocycles. The Hall–Kier alpha value is -1.14. The highest BCUT2D eigenvalue weighted by Crippen LogP contribution is 2.11. The molecular weight excluding hydrogens is 256 g/mol. The van der Waals surface area contributed by atoms with E-state index in [9.17, 15) is 9.59 Å². The highest BCUT2D eigenvalue weighted by molar-refractivity contribution is 5.76. The summed E-state index contributed by atoms with van der Waals surface area (Å²) in [6.07, 6.45) is 2.72. The molecule has 0 aromatic rings. The molecule has 2 fully saturated rings. The lowest BCUT2D eigenvalue weighted by Crippen LogP contribution is -2.49. The Morgan fingerprint density at radius 1 is 1.25 bits per heavy atom. The summed E-state index contributed by atoms with van der Waals surface area (Å²) in [5, 5.41) is 6.23. The van der Waals surface area contributed by atoms with E-state index in [0.29, 0.717) is 6.42 Å². The van der Waals surface area contributed by atoms with Gasteiger partial charge in [0.1, 0.15) is 0 Å². The van der Waals surface area contributed by atoms with E-state index in [-0.39, 0.29) is 17.9 Å². The molecule has 0 bridgehead atoms. The molecule has 2 saturated heterocycles. The fourth-order valence-corrected chi connectivity index (χ4v) is 2.99. The fraction of sp³-hybridized carbons (Fsp3) is 0.857. The van der Waals surface area contributed by atoms with Crippen molar-refractivity contribution >= 4 is 11.8 Å². The Kier molecular flexibility index (Phi) is 5.79. The lowest BCUT2D eigenvalue weighted by atomic mass is 10.1. The van der Waals surface area contributed by atoms with Crippen LogP contribution < -0.4 is 10.6 Å². The molecule has 1 unspecified atom stereocenters. The van der Waals surface area contributed by atoms with E-state index in [1.165, 1.54) is 0 Å². The molecule has 0 spiro atoms. The zero-order chi connectivity index (χ0) is 14.4. The maximum atomic E-state index is 12.1. The van der Waals surface area contributed by atoms with E-state index in [0.717, 1.165) is 58.7 Å². The van der Waals surface area contributed by atoms with E-state index in [4.69, 9.17) is 0 Å². The van der Waals surface area contributed by atoms with Crippen molar-refractivity contribution in [1.82, 2.24) is 20.4 Å². The highest BCUT2D eigenvalue weighted by Gasteiger charge is 2.22. The summed E-state index contributed by atoms with van der Waals surface area (Å²) in [4.78, 5) is 27.4. The minimum atomic E-state index is 0.0359. The first-order chi connectivity index (χ1) is 9.65. The van der Waals surface area contributed by atoms with Crippen LogP contribution in [0.2, 0.25) is 0 Å². The lowest BCUT2D eigenvalue weighted by molar-refractivity contribution is -0.132. The van der Waals surface area contributed by atoms with Crippen molar-refractivity contribution in [2.24, 2.45) is 0 Å². The summed E-state index contributed by atoms with van der Waals surface area (Å²) in [5.74, 6) is 0.293. The fourth-order valence-electron chi connectivity index (χ4n) is 2.99. The van der Waals surface area contributed by atoms with Gasteiger partial charge >= 0.3 is 0 Å². The number of amides is 2. The zero-order valence-corrected chi connectivity index (χ0v) is 12.4. The van der Waals surface area contributed by atoms with Crippen molar-refractivity contribution in [2.45, 2.75) is 32.2 Å². The third kappa shape index (κ3) is 4.76. The van der Waals surface area contributed by atoms with Gasteiger partial charge in [0.25, 0.3) is 0 Å². The number of piperazine rings is 1. The summed E-state index contributed by atoms with van der Waals surface area (Å²) in [6, 6.07) is 0.246. The molecular formula is C14H26N4O2. The van der Waals surface area contributed by atoms with Gasteiger partial charge in [-0.3, -0.25) is 9.59 Å². The molecule has 2 amide bonds. The molecule has 0 radical (unpaired) electrons. The SMILES string of the molecule is CC(=O)NC1CCCN(CCC(=O)N2CCNCC2)C1. The smallest absolute Gasteiger partial charge is 0.223 e. The summed E-state index contributed by atoms with van der Waals surface area (Å²) < 4.78 is 0. The monoisotopic (exact) mass is 282 g/mol. The summed E-state index contributed by atoms with van der Waals surface area (Å²) in [5.41, 5.74) is 0. The normalized spacial score (nSPS) is 24.4. The first-order valence-electron chi connectivity index (χ1n) is 7.63. The average molecular weight is 282 g/mol. The van der Waals surface area contributed by atoms with Crippen LogP contribution in [-0.2, 0) is 9.59 Å². The number of carbonyl (C=O) groups is 2. The Morgan fingerprint density at radius 3 is 2.70 bits per heavy atom. The molecule has 114 valence electrons. The van der Waals surface area contributed by atoms with Crippen molar-refractivity contribution in [1.29, 1.82) is 0 Å². The van der Waals surface area contributed by atoms with Gasteiger partial charge < -0.3 is 20.4 Å². The molecule has 0 aromatic heterocycles. The number of rotatable bonds is 4. The maximum Gasteiger partial charge on any atom is 0.223 e. The van der Waals surface area contributed by atoms with Gasteiger partial charge in [-0.05, 0) is 19.4 Å². The van der Waals surface area contributed by atoms with E-state index >= 15 is 0 Å². The number of piperidine rings is 1. The van der Waals surface area contributed by atoms with Crippen LogP contribution in [0.5, 0.6) is 0 Å². The largest absolute Gasteiger partial charge is 0.352 e. The Bertz CT molecular complexity index is 342. The predicted octanol–water partition coefficient (Wildman–Crippen LogP) is -0.591. The lowest BCUT2D eigenvalue weighted by Gasteiger charge is -2.33. The summed E-state index contributed by atoms with van der Waals surface area (Å²) in [6.45, 7) is 7.73. The molecule has 2 heterocycles. The zero-order valence-electron chi connectivity index (χ0n) is 12.4. The first kappa shape index (κ1) is 15.3. The minimum absolute atomic E-state index is 0.0359. The van der Waals surface area contributed by atoms with Gasteiger partial charge in [0.15, 0.2) is 0 Å². The van der Waals surface area contributed by atoms with Gasteiger partial charge in [-0.2, -0.15) is 0 Å². The van der Waals surface area contributed by atoms with Gasteiger partial charge in [0.2, 0.25) is 11.8 Å². The van der Waals surface area contributed by atoms with Gasteiger partial charge in [-0.25, -0.2) is 0 Å². The number of nitrogens with one attached hydrogen (secondary N) is 2. The van der Waals surface area contributed by atoms with Crippen LogP contribution in [-0.4, -0.2) is 73.5 Å². The topological polar surface area (TPSA) is 64.7 Å². The van der Waals surface area contributed by atoms with E-state index in [1.807, 2.05) is 4.90 Å². The molecule has 0 aliphatic carbocycles. The van der Waals surface area contributed by atoms with Crippen LogP contribution in [0.15, 0.2) is 0 Å². The second kappa shape index (κ2) is 7.59. The van der Waals surface area contributed by atoms with Crippen LogP contribution in [0.25, 0.3) is 0 Å². The van der Waals surface area contributed by atoms with Crippen molar-refractivity contribution in [3.8, 4) is 0 Å². The number of likely N-dealkylation sites (tertiary alicyclic amines) is 1. The van der Waals surface area contributed by atoms with E-state index < -0.39 is 0 Å². The van der Waals surface area contributed by atoms with E-state index in [1.54, 1.807) is 6.92 Å². The summed E-state index contributed by atoms with van der Waals surface area (Å²) >= 11 is 0. The van der Waals surface area contributed by atoms with Crippen LogP contribution in [0.4, 0.5) is 0 Å². The van der Waals surface area contributed by atoms with Crippen LogP contribution in [0, 0.1) is 0 Å². The molecule has 6 heteroatoms.